The number of rotatable bonds is 2. The second kappa shape index (κ2) is 3.84. The standard InChI is InChI=1S/C11H11NO4/c13-9-4-2-1-3-8(9)12-6-7(11(15)16)5-10(12)14/h1-4,7,13H,5-6H2,(H,15,16)/p-1/t7-/m1/s1. The van der Waals surface area contributed by atoms with Crippen LogP contribution in [0.4, 0.5) is 5.69 Å². The summed E-state index contributed by atoms with van der Waals surface area (Å²) < 4.78 is 0. The highest BCUT2D eigenvalue weighted by Gasteiger charge is 2.32. The van der Waals surface area contributed by atoms with Crippen molar-refractivity contribution < 1.29 is 19.8 Å². The monoisotopic (exact) mass is 220 g/mol. The molecule has 1 amide bonds. The number of carbonyl (C=O) groups is 2. The molecule has 2 rings (SSSR count). The number of carboxylic acids is 1. The normalized spacial score (nSPS) is 20.1. The molecule has 1 heterocycles. The number of benzene rings is 1. The summed E-state index contributed by atoms with van der Waals surface area (Å²) in [7, 11) is 0. The van der Waals surface area contributed by atoms with Crippen molar-refractivity contribution >= 4 is 17.6 Å². The van der Waals surface area contributed by atoms with Gasteiger partial charge in [-0.1, -0.05) is 12.1 Å². The third kappa shape index (κ3) is 1.71. The van der Waals surface area contributed by atoms with Crippen molar-refractivity contribution in [3.05, 3.63) is 24.3 Å². The maximum absolute atomic E-state index is 11.6. The molecule has 16 heavy (non-hydrogen) atoms. The molecule has 0 unspecified atom stereocenters. The van der Waals surface area contributed by atoms with Crippen LogP contribution >= 0.6 is 0 Å². The number of carboxylic acid groups (broad SMARTS) is 1. The van der Waals surface area contributed by atoms with Gasteiger partial charge in [0, 0.05) is 24.9 Å². The molecule has 1 atom stereocenters. The summed E-state index contributed by atoms with van der Waals surface area (Å²) in [5.74, 6) is -2.37. The van der Waals surface area contributed by atoms with Crippen LogP contribution in [0, 0.1) is 5.92 Å². The zero-order valence-electron chi connectivity index (χ0n) is 8.42. The van der Waals surface area contributed by atoms with Crippen LogP contribution in [0.1, 0.15) is 6.42 Å². The molecule has 1 aliphatic heterocycles. The SMILES string of the molecule is O=C([O-])[C@@H]1CC(=O)N(c2ccccc2O)C1. The van der Waals surface area contributed by atoms with Crippen LogP contribution in [0.5, 0.6) is 5.75 Å². The Morgan fingerprint density at radius 1 is 1.44 bits per heavy atom. The fraction of sp³-hybridized carbons (Fsp3) is 0.273. The van der Waals surface area contributed by atoms with Crippen molar-refractivity contribution in [1.29, 1.82) is 0 Å². The number of amides is 1. The van der Waals surface area contributed by atoms with Crippen molar-refractivity contribution in [2.75, 3.05) is 11.4 Å². The quantitative estimate of drug-likeness (QED) is 0.728. The molecule has 1 aromatic rings. The highest BCUT2D eigenvalue weighted by atomic mass is 16.4. The number of anilines is 1. The molecule has 0 spiro atoms. The van der Waals surface area contributed by atoms with E-state index in [0.717, 1.165) is 0 Å². The molecular formula is C11H10NO4-. The molecule has 0 aliphatic carbocycles. The largest absolute Gasteiger partial charge is 0.550 e. The van der Waals surface area contributed by atoms with E-state index in [4.69, 9.17) is 0 Å². The fourth-order valence-electron chi connectivity index (χ4n) is 1.79. The van der Waals surface area contributed by atoms with Crippen LogP contribution in [-0.2, 0) is 9.59 Å². The Balaban J connectivity index is 2.27. The molecule has 1 fully saturated rings. The smallest absolute Gasteiger partial charge is 0.227 e. The minimum absolute atomic E-state index is 0.0325. The first kappa shape index (κ1) is 10.5. The lowest BCUT2D eigenvalue weighted by molar-refractivity contribution is -0.310. The van der Waals surface area contributed by atoms with Crippen molar-refractivity contribution in [2.45, 2.75) is 6.42 Å². The summed E-state index contributed by atoms with van der Waals surface area (Å²) in [6, 6.07) is 6.34. The predicted octanol–water partition coefficient (Wildman–Crippen LogP) is -0.505. The lowest BCUT2D eigenvalue weighted by Gasteiger charge is -2.18. The van der Waals surface area contributed by atoms with E-state index >= 15 is 0 Å². The molecule has 84 valence electrons. The number of nitrogens with zero attached hydrogens (tertiary/aromatic N) is 1. The molecule has 0 radical (unpaired) electrons. The number of aromatic hydroxyl groups is 1. The van der Waals surface area contributed by atoms with E-state index in [2.05, 4.69) is 0 Å². The summed E-state index contributed by atoms with van der Waals surface area (Å²) in [6.07, 6.45) is -0.0728. The third-order valence-corrected chi connectivity index (χ3v) is 2.63. The molecule has 5 heteroatoms. The molecule has 1 saturated heterocycles. The second-order valence-corrected chi connectivity index (χ2v) is 3.71. The zero-order valence-corrected chi connectivity index (χ0v) is 8.42. The lowest BCUT2D eigenvalue weighted by Crippen LogP contribution is -2.33. The van der Waals surface area contributed by atoms with E-state index in [0.29, 0.717) is 5.69 Å². The average Bonchev–Trinajstić information content (AvgIpc) is 2.61. The van der Waals surface area contributed by atoms with E-state index in [1.807, 2.05) is 0 Å². The first-order valence-corrected chi connectivity index (χ1v) is 4.89. The van der Waals surface area contributed by atoms with E-state index in [9.17, 15) is 19.8 Å². The van der Waals surface area contributed by atoms with Gasteiger partial charge in [0.05, 0.1) is 5.69 Å². The maximum Gasteiger partial charge on any atom is 0.227 e. The Morgan fingerprint density at radius 2 is 2.12 bits per heavy atom. The third-order valence-electron chi connectivity index (χ3n) is 2.63. The van der Waals surface area contributed by atoms with Gasteiger partial charge < -0.3 is 19.9 Å². The molecule has 0 bridgehead atoms. The van der Waals surface area contributed by atoms with E-state index < -0.39 is 11.9 Å². The average molecular weight is 220 g/mol. The van der Waals surface area contributed by atoms with Gasteiger partial charge in [0.2, 0.25) is 5.91 Å². The van der Waals surface area contributed by atoms with Crippen molar-refractivity contribution in [3.8, 4) is 5.75 Å². The Kier molecular flexibility index (Phi) is 2.52. The highest BCUT2D eigenvalue weighted by Crippen LogP contribution is 2.31. The molecule has 1 aromatic carbocycles. The zero-order chi connectivity index (χ0) is 11.7. The topological polar surface area (TPSA) is 80.7 Å². The summed E-state index contributed by atoms with van der Waals surface area (Å²) in [5.41, 5.74) is 0.344. The van der Waals surface area contributed by atoms with Crippen molar-refractivity contribution in [2.24, 2.45) is 5.92 Å². The highest BCUT2D eigenvalue weighted by molar-refractivity contribution is 5.99. The number of carbonyl (C=O) groups excluding carboxylic acids is 2. The Morgan fingerprint density at radius 3 is 2.69 bits per heavy atom. The summed E-state index contributed by atoms with van der Waals surface area (Å²) >= 11 is 0. The number of aliphatic carboxylic acids is 1. The van der Waals surface area contributed by atoms with Gasteiger partial charge >= 0.3 is 0 Å². The number of phenols is 1. The fourth-order valence-corrected chi connectivity index (χ4v) is 1.79. The minimum atomic E-state index is -1.23. The summed E-state index contributed by atoms with van der Waals surface area (Å²) in [5, 5.41) is 20.2. The molecule has 0 aromatic heterocycles. The number of phenolic OH excluding ortho intramolecular Hbond substituents is 1. The molecule has 5 nitrogen and oxygen atoms in total. The van der Waals surface area contributed by atoms with Crippen molar-refractivity contribution in [3.63, 3.8) is 0 Å². The first-order chi connectivity index (χ1) is 7.59. The Bertz CT molecular complexity index is 443. The summed E-state index contributed by atoms with van der Waals surface area (Å²) in [4.78, 5) is 23.5. The first-order valence-electron chi connectivity index (χ1n) is 4.89. The lowest BCUT2D eigenvalue weighted by atomic mass is 10.1. The van der Waals surface area contributed by atoms with Crippen LogP contribution in [-0.4, -0.2) is 23.5 Å². The predicted molar refractivity (Wildman–Crippen MR) is 53.6 cm³/mol. The maximum atomic E-state index is 11.6. The van der Waals surface area contributed by atoms with Gasteiger partial charge in [-0.3, -0.25) is 4.79 Å². The van der Waals surface area contributed by atoms with E-state index in [-0.39, 0.29) is 24.6 Å². The van der Waals surface area contributed by atoms with Crippen LogP contribution in [0.2, 0.25) is 0 Å². The molecule has 1 N–H and O–H groups in total. The van der Waals surface area contributed by atoms with Crippen molar-refractivity contribution in [1.82, 2.24) is 0 Å². The summed E-state index contributed by atoms with van der Waals surface area (Å²) in [6.45, 7) is 0.0543. The number of para-hydroxylation sites is 2. The van der Waals surface area contributed by atoms with Crippen LogP contribution in [0.25, 0.3) is 0 Å². The van der Waals surface area contributed by atoms with Crippen LogP contribution in [0.3, 0.4) is 0 Å². The van der Waals surface area contributed by atoms with Crippen LogP contribution < -0.4 is 10.0 Å². The van der Waals surface area contributed by atoms with Gasteiger partial charge in [-0.2, -0.15) is 0 Å². The van der Waals surface area contributed by atoms with E-state index in [1.54, 1.807) is 18.2 Å². The molecule has 0 saturated carbocycles. The number of hydrogen-bond acceptors (Lipinski definition) is 4. The van der Waals surface area contributed by atoms with Gasteiger partial charge in [0.1, 0.15) is 5.75 Å². The van der Waals surface area contributed by atoms with E-state index in [1.165, 1.54) is 11.0 Å². The Hall–Kier alpha value is -2.04. The Labute approximate surface area is 91.9 Å². The van der Waals surface area contributed by atoms with Crippen LogP contribution in [0.15, 0.2) is 24.3 Å². The van der Waals surface area contributed by atoms with Gasteiger partial charge in [0.15, 0.2) is 0 Å². The van der Waals surface area contributed by atoms with Gasteiger partial charge in [-0.15, -0.1) is 0 Å². The minimum Gasteiger partial charge on any atom is -0.550 e. The second-order valence-electron chi connectivity index (χ2n) is 3.71. The van der Waals surface area contributed by atoms with Gasteiger partial charge in [-0.25, -0.2) is 0 Å². The van der Waals surface area contributed by atoms with Gasteiger partial charge in [0.25, 0.3) is 0 Å². The molecular weight excluding hydrogens is 210 g/mol. The van der Waals surface area contributed by atoms with Gasteiger partial charge in [-0.05, 0) is 12.1 Å². The molecule has 1 aliphatic rings. The number of hydrogen-bond donors (Lipinski definition) is 1.